The molecule has 1 heterocycles. The number of nitrogens with zero attached hydrogens (tertiary/aromatic N) is 1. The van der Waals surface area contributed by atoms with Gasteiger partial charge in [-0.15, -0.1) is 0 Å². The molecule has 1 aromatic heterocycles. The summed E-state index contributed by atoms with van der Waals surface area (Å²) < 4.78 is 27.6. The second-order valence-corrected chi connectivity index (χ2v) is 5.12. The number of pyridine rings is 1. The van der Waals surface area contributed by atoms with E-state index in [1.165, 1.54) is 0 Å². The number of anilines is 1. The average Bonchev–Trinajstić information content (AvgIpc) is 2.38. The van der Waals surface area contributed by atoms with Crippen molar-refractivity contribution in [2.24, 2.45) is 0 Å². The van der Waals surface area contributed by atoms with Gasteiger partial charge in [-0.05, 0) is 40.9 Å². The summed E-state index contributed by atoms with van der Waals surface area (Å²) in [7, 11) is 0. The van der Waals surface area contributed by atoms with Crippen molar-refractivity contribution in [1.82, 2.24) is 4.98 Å². The van der Waals surface area contributed by atoms with Crippen LogP contribution in [0.5, 0.6) is 0 Å². The lowest BCUT2D eigenvalue weighted by Crippen LogP contribution is -2.05. The van der Waals surface area contributed by atoms with Gasteiger partial charge in [0.1, 0.15) is 17.2 Å². The summed E-state index contributed by atoms with van der Waals surface area (Å²) in [6.45, 7) is 4.72. The first-order valence-electron chi connectivity index (χ1n) is 6.29. The van der Waals surface area contributed by atoms with Crippen LogP contribution in [0.2, 0.25) is 0 Å². The predicted molar refractivity (Wildman–Crippen MR) is 77.5 cm³/mol. The number of hydrogen-bond donors (Lipinski definition) is 1. The van der Waals surface area contributed by atoms with Gasteiger partial charge >= 0.3 is 0 Å². The number of rotatable bonds is 4. The van der Waals surface area contributed by atoms with E-state index < -0.39 is 11.6 Å². The maximum absolute atomic E-state index is 13.8. The minimum absolute atomic E-state index is 0.184. The minimum atomic E-state index is -0.641. The number of halogens is 3. The van der Waals surface area contributed by atoms with Crippen molar-refractivity contribution in [3.8, 4) is 0 Å². The van der Waals surface area contributed by atoms with Gasteiger partial charge in [0.25, 0.3) is 0 Å². The Morgan fingerprint density at radius 2 is 1.95 bits per heavy atom. The van der Waals surface area contributed by atoms with Gasteiger partial charge in [-0.2, -0.15) is 0 Å². The van der Waals surface area contributed by atoms with Gasteiger partial charge in [0, 0.05) is 18.0 Å². The fourth-order valence-electron chi connectivity index (χ4n) is 2.06. The van der Waals surface area contributed by atoms with Crippen LogP contribution in [-0.4, -0.2) is 11.5 Å². The molecule has 19 heavy (non-hydrogen) atoms. The van der Waals surface area contributed by atoms with Crippen LogP contribution < -0.4 is 5.32 Å². The average molecular weight is 329 g/mol. The summed E-state index contributed by atoms with van der Waals surface area (Å²) in [5, 5.41) is 3.60. The molecule has 102 valence electrons. The van der Waals surface area contributed by atoms with Gasteiger partial charge in [-0.25, -0.2) is 13.8 Å². The SMILES string of the molecule is CCCc1cc2c(Br)c(F)cc(F)c2nc1NCC. The smallest absolute Gasteiger partial charge is 0.152 e. The molecular weight excluding hydrogens is 314 g/mol. The third-order valence-corrected chi connectivity index (χ3v) is 3.70. The standard InChI is InChI=1S/C14H15BrF2N2/c1-3-5-8-6-9-12(15)10(16)7-11(17)13(9)19-14(8)18-4-2/h6-7H,3-5H2,1-2H3,(H,18,19). The molecule has 0 aliphatic carbocycles. The lowest BCUT2D eigenvalue weighted by Gasteiger charge is -2.12. The zero-order valence-corrected chi connectivity index (χ0v) is 12.4. The number of aryl methyl sites for hydroxylation is 1. The Balaban J connectivity index is 2.73. The summed E-state index contributed by atoms with van der Waals surface area (Å²) in [6, 6.07) is 2.66. The highest BCUT2D eigenvalue weighted by atomic mass is 79.9. The number of fused-ring (bicyclic) bond motifs is 1. The molecule has 1 aromatic carbocycles. The molecule has 0 spiro atoms. The molecule has 0 fully saturated rings. The highest BCUT2D eigenvalue weighted by molar-refractivity contribution is 9.10. The second kappa shape index (κ2) is 5.82. The van der Waals surface area contributed by atoms with Gasteiger partial charge < -0.3 is 5.32 Å². The maximum Gasteiger partial charge on any atom is 0.152 e. The van der Waals surface area contributed by atoms with Crippen LogP contribution in [0.4, 0.5) is 14.6 Å². The zero-order chi connectivity index (χ0) is 14.0. The molecule has 0 radical (unpaired) electrons. The minimum Gasteiger partial charge on any atom is -0.370 e. The quantitative estimate of drug-likeness (QED) is 0.825. The molecule has 0 bridgehead atoms. The molecule has 0 unspecified atom stereocenters. The Morgan fingerprint density at radius 1 is 1.21 bits per heavy atom. The maximum atomic E-state index is 13.8. The van der Waals surface area contributed by atoms with Crippen LogP contribution in [0.1, 0.15) is 25.8 Å². The molecule has 0 aliphatic heterocycles. The van der Waals surface area contributed by atoms with Crippen LogP contribution in [0.15, 0.2) is 16.6 Å². The number of aromatic nitrogens is 1. The second-order valence-electron chi connectivity index (χ2n) is 4.33. The van der Waals surface area contributed by atoms with Crippen molar-refractivity contribution < 1.29 is 8.78 Å². The summed E-state index contributed by atoms with van der Waals surface area (Å²) in [6.07, 6.45) is 1.76. The number of nitrogens with one attached hydrogen (secondary N) is 1. The Labute approximate surface area is 119 Å². The normalized spacial score (nSPS) is 11.0. The number of hydrogen-bond acceptors (Lipinski definition) is 2. The van der Waals surface area contributed by atoms with Crippen molar-refractivity contribution in [3.05, 3.63) is 33.8 Å². The highest BCUT2D eigenvalue weighted by Gasteiger charge is 2.15. The van der Waals surface area contributed by atoms with E-state index in [4.69, 9.17) is 0 Å². The monoisotopic (exact) mass is 328 g/mol. The highest BCUT2D eigenvalue weighted by Crippen LogP contribution is 2.31. The van der Waals surface area contributed by atoms with Gasteiger partial charge in [-0.1, -0.05) is 13.3 Å². The van der Waals surface area contributed by atoms with Crippen molar-refractivity contribution >= 4 is 32.7 Å². The first kappa shape index (κ1) is 14.2. The largest absolute Gasteiger partial charge is 0.370 e. The van der Waals surface area contributed by atoms with E-state index in [1.54, 1.807) is 6.07 Å². The summed E-state index contributed by atoms with van der Waals surface area (Å²) in [4.78, 5) is 4.30. The van der Waals surface area contributed by atoms with Gasteiger partial charge in [0.15, 0.2) is 5.82 Å². The van der Waals surface area contributed by atoms with E-state index in [1.807, 2.05) is 6.92 Å². The molecule has 0 atom stereocenters. The molecule has 0 amide bonds. The van der Waals surface area contributed by atoms with E-state index >= 15 is 0 Å². The van der Waals surface area contributed by atoms with Crippen molar-refractivity contribution in [1.29, 1.82) is 0 Å². The van der Waals surface area contributed by atoms with E-state index in [0.29, 0.717) is 17.7 Å². The Hall–Kier alpha value is -1.23. The van der Waals surface area contributed by atoms with Crippen LogP contribution in [0.25, 0.3) is 10.9 Å². The summed E-state index contributed by atoms with van der Waals surface area (Å²) in [5.74, 6) is -0.572. The predicted octanol–water partition coefficient (Wildman–Crippen LogP) is 4.66. The Kier molecular flexibility index (Phi) is 4.34. The number of benzene rings is 1. The van der Waals surface area contributed by atoms with Crippen LogP contribution in [-0.2, 0) is 6.42 Å². The van der Waals surface area contributed by atoms with Crippen LogP contribution in [0.3, 0.4) is 0 Å². The molecule has 0 saturated heterocycles. The first-order valence-corrected chi connectivity index (χ1v) is 7.08. The fourth-order valence-corrected chi connectivity index (χ4v) is 2.47. The van der Waals surface area contributed by atoms with E-state index in [0.717, 1.165) is 24.5 Å². The van der Waals surface area contributed by atoms with E-state index in [9.17, 15) is 8.78 Å². The van der Waals surface area contributed by atoms with E-state index in [-0.39, 0.29) is 9.99 Å². The fraction of sp³-hybridized carbons (Fsp3) is 0.357. The van der Waals surface area contributed by atoms with Crippen molar-refractivity contribution in [2.75, 3.05) is 11.9 Å². The summed E-state index contributed by atoms with van der Waals surface area (Å²) >= 11 is 3.16. The lowest BCUT2D eigenvalue weighted by molar-refractivity contribution is 0.586. The van der Waals surface area contributed by atoms with Crippen molar-refractivity contribution in [2.45, 2.75) is 26.7 Å². The third-order valence-electron chi connectivity index (χ3n) is 2.89. The van der Waals surface area contributed by atoms with Crippen molar-refractivity contribution in [3.63, 3.8) is 0 Å². The van der Waals surface area contributed by atoms with Gasteiger partial charge in [0.05, 0.1) is 4.47 Å². The van der Waals surface area contributed by atoms with Crippen LogP contribution >= 0.6 is 15.9 Å². The summed E-state index contributed by atoms with van der Waals surface area (Å²) in [5.41, 5.74) is 1.16. The molecular formula is C14H15BrF2N2. The molecule has 0 saturated carbocycles. The molecule has 2 rings (SSSR count). The molecule has 2 aromatic rings. The molecule has 0 aliphatic rings. The molecule has 1 N–H and O–H groups in total. The third kappa shape index (κ3) is 2.71. The Morgan fingerprint density at radius 3 is 2.58 bits per heavy atom. The Bertz CT molecular complexity index is 614. The topological polar surface area (TPSA) is 24.9 Å². The van der Waals surface area contributed by atoms with Crippen LogP contribution in [0, 0.1) is 11.6 Å². The van der Waals surface area contributed by atoms with Gasteiger partial charge in [0.2, 0.25) is 0 Å². The van der Waals surface area contributed by atoms with E-state index in [2.05, 4.69) is 33.2 Å². The molecule has 2 nitrogen and oxygen atoms in total. The lowest BCUT2D eigenvalue weighted by atomic mass is 10.1. The first-order chi connectivity index (χ1) is 9.08. The molecule has 5 heteroatoms. The zero-order valence-electron chi connectivity index (χ0n) is 10.9. The van der Waals surface area contributed by atoms with Gasteiger partial charge in [-0.3, -0.25) is 0 Å².